The number of likely N-dealkylation sites (N-methyl/N-ethyl adjacent to an activating group) is 1. The zero-order valence-electron chi connectivity index (χ0n) is 14.5. The Hall–Kier alpha value is -1.66. The molecule has 1 heterocycles. The fourth-order valence-corrected chi connectivity index (χ4v) is 3.45. The molecule has 1 amide bonds. The predicted molar refractivity (Wildman–Crippen MR) is 92.0 cm³/mol. The fraction of sp³-hybridized carbons (Fsp3) is 0.611. The Kier molecular flexibility index (Phi) is 5.06. The van der Waals surface area contributed by atoms with Gasteiger partial charge in [-0.15, -0.1) is 0 Å². The molecule has 132 valence electrons. The molecule has 0 radical (unpaired) electrons. The summed E-state index contributed by atoms with van der Waals surface area (Å²) in [5, 5.41) is 3.03. The maximum absolute atomic E-state index is 14.5. The second-order valence-electron chi connectivity index (χ2n) is 6.98. The minimum Gasteiger partial charge on any atom is -0.382 e. The lowest BCUT2D eigenvalue weighted by Gasteiger charge is -2.42. The minimum atomic E-state index is -0.332. The molecule has 2 fully saturated rings. The summed E-state index contributed by atoms with van der Waals surface area (Å²) in [4.78, 5) is 16.7. The summed E-state index contributed by atoms with van der Waals surface area (Å²) in [6, 6.07) is 4.78. The molecule has 1 saturated heterocycles. The van der Waals surface area contributed by atoms with Crippen LogP contribution in [0.15, 0.2) is 18.2 Å². The molecule has 6 heteroatoms. The van der Waals surface area contributed by atoms with Crippen LogP contribution in [0.4, 0.5) is 10.1 Å². The van der Waals surface area contributed by atoms with Gasteiger partial charge in [0, 0.05) is 38.9 Å². The van der Waals surface area contributed by atoms with E-state index in [1.54, 1.807) is 19.2 Å². The number of methoxy groups -OCH3 is 1. The van der Waals surface area contributed by atoms with Gasteiger partial charge >= 0.3 is 0 Å². The van der Waals surface area contributed by atoms with E-state index in [4.69, 9.17) is 4.74 Å². The first-order valence-electron chi connectivity index (χ1n) is 8.57. The number of amides is 1. The Morgan fingerprint density at radius 1 is 1.29 bits per heavy atom. The molecule has 0 unspecified atom stereocenters. The van der Waals surface area contributed by atoms with E-state index in [2.05, 4.69) is 17.3 Å². The maximum atomic E-state index is 14.5. The minimum absolute atomic E-state index is 0.226. The summed E-state index contributed by atoms with van der Waals surface area (Å²) in [6.45, 7) is 3.94. The number of hydrogen-bond acceptors (Lipinski definition) is 4. The molecule has 2 aliphatic rings. The van der Waals surface area contributed by atoms with Crippen molar-refractivity contribution in [3.05, 3.63) is 29.6 Å². The molecule has 5 nitrogen and oxygen atoms in total. The van der Waals surface area contributed by atoms with Gasteiger partial charge in [-0.25, -0.2) is 4.39 Å². The molecular formula is C18H26FN3O2. The van der Waals surface area contributed by atoms with E-state index in [1.165, 1.54) is 6.07 Å². The molecule has 1 aromatic carbocycles. The number of halogens is 1. The molecule has 0 bridgehead atoms. The van der Waals surface area contributed by atoms with E-state index in [1.807, 2.05) is 4.90 Å². The molecule has 0 spiro atoms. The zero-order chi connectivity index (χ0) is 17.2. The normalized spacial score (nSPS) is 20.5. The van der Waals surface area contributed by atoms with Crippen molar-refractivity contribution in [2.75, 3.05) is 51.8 Å². The van der Waals surface area contributed by atoms with E-state index in [0.717, 1.165) is 45.4 Å². The monoisotopic (exact) mass is 335 g/mol. The number of hydrogen-bond donors (Lipinski definition) is 1. The first-order chi connectivity index (χ1) is 11.5. The average molecular weight is 335 g/mol. The largest absolute Gasteiger partial charge is 0.382 e. The molecule has 1 saturated carbocycles. The molecule has 1 aliphatic heterocycles. The van der Waals surface area contributed by atoms with Crippen LogP contribution in [0.25, 0.3) is 0 Å². The third-order valence-corrected chi connectivity index (χ3v) is 5.16. The lowest BCUT2D eigenvalue weighted by Crippen LogP contribution is -2.56. The van der Waals surface area contributed by atoms with Crippen molar-refractivity contribution in [1.29, 1.82) is 0 Å². The topological polar surface area (TPSA) is 44.8 Å². The Morgan fingerprint density at radius 3 is 2.54 bits per heavy atom. The van der Waals surface area contributed by atoms with E-state index in [9.17, 15) is 9.18 Å². The Bertz CT molecular complexity index is 596. The smallest absolute Gasteiger partial charge is 0.251 e. The lowest BCUT2D eigenvalue weighted by molar-refractivity contribution is 0.0476. The van der Waals surface area contributed by atoms with Crippen molar-refractivity contribution in [2.45, 2.75) is 24.8 Å². The quantitative estimate of drug-likeness (QED) is 0.892. The number of nitrogens with zero attached hydrogens (tertiary/aromatic N) is 2. The Balaban J connectivity index is 1.69. The number of carbonyl (C=O) groups is 1. The van der Waals surface area contributed by atoms with Gasteiger partial charge in [0.2, 0.25) is 0 Å². The molecule has 1 N–H and O–H groups in total. The zero-order valence-corrected chi connectivity index (χ0v) is 14.5. The number of anilines is 1. The second-order valence-corrected chi connectivity index (χ2v) is 6.98. The van der Waals surface area contributed by atoms with Crippen LogP contribution in [0.2, 0.25) is 0 Å². The standard InChI is InChI=1S/C18H26FN3O2/c1-21-8-10-22(11-9-21)16-5-4-14(12-15(16)19)17(23)20-18(13-24-2)6-3-7-18/h4-5,12H,3,6-11,13H2,1-2H3,(H,20,23). The van der Waals surface area contributed by atoms with Gasteiger partial charge in [0.15, 0.2) is 0 Å². The Labute approximate surface area is 142 Å². The van der Waals surface area contributed by atoms with Crippen LogP contribution in [-0.2, 0) is 4.74 Å². The first-order valence-corrected chi connectivity index (χ1v) is 8.57. The van der Waals surface area contributed by atoms with Gasteiger partial charge in [-0.2, -0.15) is 0 Å². The van der Waals surface area contributed by atoms with Gasteiger partial charge in [0.05, 0.1) is 17.8 Å². The van der Waals surface area contributed by atoms with Gasteiger partial charge < -0.3 is 19.9 Å². The van der Waals surface area contributed by atoms with Crippen molar-refractivity contribution in [1.82, 2.24) is 10.2 Å². The first kappa shape index (κ1) is 17.2. The second kappa shape index (κ2) is 7.07. The molecule has 3 rings (SSSR count). The van der Waals surface area contributed by atoms with Gasteiger partial charge in [-0.3, -0.25) is 4.79 Å². The molecule has 1 aromatic rings. The van der Waals surface area contributed by atoms with E-state index >= 15 is 0 Å². The maximum Gasteiger partial charge on any atom is 0.251 e. The van der Waals surface area contributed by atoms with Crippen molar-refractivity contribution in [3.63, 3.8) is 0 Å². The number of piperazine rings is 1. The third-order valence-electron chi connectivity index (χ3n) is 5.16. The van der Waals surface area contributed by atoms with E-state index in [0.29, 0.717) is 17.9 Å². The van der Waals surface area contributed by atoms with Gasteiger partial charge in [0.25, 0.3) is 5.91 Å². The number of rotatable bonds is 5. The number of ether oxygens (including phenoxy) is 1. The highest BCUT2D eigenvalue weighted by Crippen LogP contribution is 2.32. The number of nitrogens with one attached hydrogen (secondary N) is 1. The SMILES string of the molecule is COCC1(NC(=O)c2ccc(N3CCN(C)CC3)c(F)c2)CCC1. The predicted octanol–water partition coefficient (Wildman–Crippen LogP) is 1.88. The van der Waals surface area contributed by atoms with Crippen LogP contribution in [0.5, 0.6) is 0 Å². The van der Waals surface area contributed by atoms with Crippen LogP contribution in [0, 0.1) is 5.82 Å². The lowest BCUT2D eigenvalue weighted by atomic mass is 9.77. The third kappa shape index (κ3) is 3.54. The van der Waals surface area contributed by atoms with Crippen LogP contribution < -0.4 is 10.2 Å². The molecule has 24 heavy (non-hydrogen) atoms. The highest BCUT2D eigenvalue weighted by Gasteiger charge is 2.38. The number of benzene rings is 1. The molecule has 0 aromatic heterocycles. The summed E-state index contributed by atoms with van der Waals surface area (Å²) >= 11 is 0. The van der Waals surface area contributed by atoms with E-state index < -0.39 is 0 Å². The van der Waals surface area contributed by atoms with Crippen LogP contribution in [-0.4, -0.2) is 63.3 Å². The average Bonchev–Trinajstić information content (AvgIpc) is 2.53. The summed E-state index contributed by atoms with van der Waals surface area (Å²) < 4.78 is 19.7. The van der Waals surface area contributed by atoms with Crippen LogP contribution in [0.3, 0.4) is 0 Å². The van der Waals surface area contributed by atoms with Crippen molar-refractivity contribution < 1.29 is 13.9 Å². The molecular weight excluding hydrogens is 309 g/mol. The van der Waals surface area contributed by atoms with Gasteiger partial charge in [-0.05, 0) is 44.5 Å². The highest BCUT2D eigenvalue weighted by molar-refractivity contribution is 5.95. The Morgan fingerprint density at radius 2 is 2.00 bits per heavy atom. The van der Waals surface area contributed by atoms with Crippen molar-refractivity contribution in [3.8, 4) is 0 Å². The van der Waals surface area contributed by atoms with Crippen molar-refractivity contribution in [2.24, 2.45) is 0 Å². The van der Waals surface area contributed by atoms with E-state index in [-0.39, 0.29) is 17.3 Å². The van der Waals surface area contributed by atoms with Crippen LogP contribution in [0.1, 0.15) is 29.6 Å². The summed E-state index contributed by atoms with van der Waals surface area (Å²) in [5.74, 6) is -0.558. The highest BCUT2D eigenvalue weighted by atomic mass is 19.1. The van der Waals surface area contributed by atoms with Crippen LogP contribution >= 0.6 is 0 Å². The number of carbonyl (C=O) groups excluding carboxylic acids is 1. The summed E-state index contributed by atoms with van der Waals surface area (Å²) in [7, 11) is 3.70. The van der Waals surface area contributed by atoms with Crippen molar-refractivity contribution >= 4 is 11.6 Å². The fourth-order valence-electron chi connectivity index (χ4n) is 3.45. The molecule has 1 aliphatic carbocycles. The van der Waals surface area contributed by atoms with Gasteiger partial charge in [-0.1, -0.05) is 0 Å². The summed E-state index contributed by atoms with van der Waals surface area (Å²) in [5.41, 5.74) is 0.668. The molecule has 0 atom stereocenters. The van der Waals surface area contributed by atoms with Gasteiger partial charge in [0.1, 0.15) is 5.82 Å². The summed E-state index contributed by atoms with van der Waals surface area (Å²) in [6.07, 6.45) is 2.91.